The summed E-state index contributed by atoms with van der Waals surface area (Å²) in [6, 6.07) is 1.61. The van der Waals surface area contributed by atoms with Crippen LogP contribution in [-0.4, -0.2) is 46.9 Å². The van der Waals surface area contributed by atoms with Crippen molar-refractivity contribution in [1.82, 2.24) is 19.0 Å². The molecule has 0 spiro atoms. The first-order valence-corrected chi connectivity index (χ1v) is 7.65. The van der Waals surface area contributed by atoms with Crippen LogP contribution in [0.2, 0.25) is 0 Å². The molecule has 1 unspecified atom stereocenters. The Hall–Kier alpha value is -1.58. The average molecular weight is 300 g/mol. The Morgan fingerprint density at radius 3 is 3.00 bits per heavy atom. The van der Waals surface area contributed by atoms with Gasteiger partial charge in [-0.05, 0) is 18.9 Å². The molecule has 0 saturated carbocycles. The van der Waals surface area contributed by atoms with Gasteiger partial charge in [0.25, 0.3) is 10.2 Å². The number of aliphatic carboxylic acids is 1. The summed E-state index contributed by atoms with van der Waals surface area (Å²) >= 11 is 0. The number of nitrogens with zero attached hydrogens (tertiary/aromatic N) is 3. The summed E-state index contributed by atoms with van der Waals surface area (Å²) in [4.78, 5) is 18.6. The Labute approximate surface area is 117 Å². The first-order chi connectivity index (χ1) is 9.49. The molecule has 2 rings (SSSR count). The van der Waals surface area contributed by atoms with Gasteiger partial charge >= 0.3 is 5.97 Å². The minimum absolute atomic E-state index is 0.00837. The van der Waals surface area contributed by atoms with Crippen LogP contribution in [0, 0.1) is 5.92 Å². The molecule has 0 aliphatic carbocycles. The lowest BCUT2D eigenvalue weighted by molar-refractivity contribution is -0.142. The first-order valence-electron chi connectivity index (χ1n) is 6.21. The van der Waals surface area contributed by atoms with Crippen LogP contribution in [-0.2, 0) is 21.5 Å². The molecule has 0 aromatic carbocycles. The van der Waals surface area contributed by atoms with E-state index in [1.54, 1.807) is 6.07 Å². The van der Waals surface area contributed by atoms with Crippen molar-refractivity contribution in [2.45, 2.75) is 19.4 Å². The molecule has 1 fully saturated rings. The smallest absolute Gasteiger partial charge is 0.307 e. The highest BCUT2D eigenvalue weighted by atomic mass is 32.2. The molecule has 20 heavy (non-hydrogen) atoms. The Morgan fingerprint density at radius 1 is 1.55 bits per heavy atom. The molecule has 2 N–H and O–H groups in total. The van der Waals surface area contributed by atoms with Crippen molar-refractivity contribution >= 4 is 16.2 Å². The fourth-order valence-electron chi connectivity index (χ4n) is 2.04. The van der Waals surface area contributed by atoms with Crippen LogP contribution in [0.15, 0.2) is 18.6 Å². The van der Waals surface area contributed by atoms with Gasteiger partial charge in [-0.2, -0.15) is 17.4 Å². The van der Waals surface area contributed by atoms with E-state index in [9.17, 15) is 13.2 Å². The van der Waals surface area contributed by atoms with E-state index in [0.717, 1.165) is 0 Å². The third-order valence-corrected chi connectivity index (χ3v) is 4.67. The average Bonchev–Trinajstić information content (AvgIpc) is 2.46. The summed E-state index contributed by atoms with van der Waals surface area (Å²) in [6.45, 7) is 0.399. The minimum atomic E-state index is -3.69. The van der Waals surface area contributed by atoms with Crippen LogP contribution in [0.4, 0.5) is 0 Å². The van der Waals surface area contributed by atoms with Crippen LogP contribution in [0.5, 0.6) is 0 Å². The maximum atomic E-state index is 12.1. The fraction of sp³-hybridized carbons (Fsp3) is 0.545. The third kappa shape index (κ3) is 3.71. The summed E-state index contributed by atoms with van der Waals surface area (Å²) in [7, 11) is -3.69. The van der Waals surface area contributed by atoms with Gasteiger partial charge in [-0.1, -0.05) is 0 Å². The number of carbonyl (C=O) groups is 1. The van der Waals surface area contributed by atoms with Gasteiger partial charge in [-0.15, -0.1) is 0 Å². The lowest BCUT2D eigenvalue weighted by atomic mass is 10.0. The van der Waals surface area contributed by atoms with Crippen molar-refractivity contribution in [2.75, 3.05) is 13.1 Å². The number of hydrogen-bond donors (Lipinski definition) is 2. The van der Waals surface area contributed by atoms with E-state index in [2.05, 4.69) is 14.7 Å². The fourth-order valence-corrected chi connectivity index (χ4v) is 3.30. The van der Waals surface area contributed by atoms with Gasteiger partial charge in [0.15, 0.2) is 0 Å². The molecule has 110 valence electrons. The van der Waals surface area contributed by atoms with Crippen molar-refractivity contribution in [1.29, 1.82) is 0 Å². The van der Waals surface area contributed by atoms with Crippen LogP contribution >= 0.6 is 0 Å². The summed E-state index contributed by atoms with van der Waals surface area (Å²) in [6.07, 6.45) is 3.92. The van der Waals surface area contributed by atoms with Gasteiger partial charge < -0.3 is 5.11 Å². The predicted molar refractivity (Wildman–Crippen MR) is 69.7 cm³/mol. The van der Waals surface area contributed by atoms with Gasteiger partial charge in [0.05, 0.1) is 18.2 Å². The molecule has 0 amide bonds. The normalized spacial score (nSPS) is 20.7. The molecule has 0 bridgehead atoms. The topological polar surface area (TPSA) is 112 Å². The van der Waals surface area contributed by atoms with E-state index in [1.807, 2.05) is 0 Å². The van der Waals surface area contributed by atoms with E-state index in [-0.39, 0.29) is 13.1 Å². The molecule has 1 aliphatic heterocycles. The van der Waals surface area contributed by atoms with Gasteiger partial charge in [-0.25, -0.2) is 9.97 Å². The highest BCUT2D eigenvalue weighted by Gasteiger charge is 2.31. The van der Waals surface area contributed by atoms with E-state index < -0.39 is 22.1 Å². The van der Waals surface area contributed by atoms with Crippen molar-refractivity contribution in [2.24, 2.45) is 5.92 Å². The lowest BCUT2D eigenvalue weighted by Crippen LogP contribution is -2.47. The minimum Gasteiger partial charge on any atom is -0.481 e. The molecular weight excluding hydrogens is 284 g/mol. The summed E-state index contributed by atoms with van der Waals surface area (Å²) in [5.74, 6) is -1.60. The maximum Gasteiger partial charge on any atom is 0.307 e. The number of piperidine rings is 1. The van der Waals surface area contributed by atoms with Gasteiger partial charge in [-0.3, -0.25) is 4.79 Å². The van der Waals surface area contributed by atoms with Gasteiger partial charge in [0.1, 0.15) is 6.33 Å². The second kappa shape index (κ2) is 6.25. The summed E-state index contributed by atoms with van der Waals surface area (Å²) < 4.78 is 27.8. The number of hydrogen-bond acceptors (Lipinski definition) is 5. The Balaban J connectivity index is 1.97. The molecule has 2 heterocycles. The van der Waals surface area contributed by atoms with Gasteiger partial charge in [0, 0.05) is 19.3 Å². The van der Waals surface area contributed by atoms with E-state index >= 15 is 0 Å². The van der Waals surface area contributed by atoms with E-state index in [0.29, 0.717) is 25.1 Å². The Kier molecular flexibility index (Phi) is 4.63. The zero-order valence-electron chi connectivity index (χ0n) is 10.8. The predicted octanol–water partition coefficient (Wildman–Crippen LogP) is -0.392. The highest BCUT2D eigenvalue weighted by molar-refractivity contribution is 7.87. The standard InChI is InChI=1S/C11H16N4O4S/c16-11(17)9-2-1-5-15(7-9)20(18,19)14-6-10-3-4-12-8-13-10/h3-4,8-9,14H,1-2,5-7H2,(H,16,17). The molecule has 0 radical (unpaired) electrons. The van der Waals surface area contributed by atoms with E-state index in [4.69, 9.17) is 5.11 Å². The quantitative estimate of drug-likeness (QED) is 0.765. The van der Waals surface area contributed by atoms with Gasteiger partial charge in [0.2, 0.25) is 0 Å². The number of carboxylic acids is 1. The first kappa shape index (κ1) is 14.8. The zero-order chi connectivity index (χ0) is 14.6. The number of nitrogens with one attached hydrogen (secondary N) is 1. The summed E-state index contributed by atoms with van der Waals surface area (Å²) in [5, 5.41) is 8.97. The molecular formula is C11H16N4O4S. The molecule has 1 aromatic rings. The van der Waals surface area contributed by atoms with Crippen molar-refractivity contribution < 1.29 is 18.3 Å². The highest BCUT2D eigenvalue weighted by Crippen LogP contribution is 2.18. The lowest BCUT2D eigenvalue weighted by Gasteiger charge is -2.29. The molecule has 1 saturated heterocycles. The van der Waals surface area contributed by atoms with Crippen molar-refractivity contribution in [3.63, 3.8) is 0 Å². The van der Waals surface area contributed by atoms with Crippen LogP contribution in [0.3, 0.4) is 0 Å². The van der Waals surface area contributed by atoms with Crippen LogP contribution < -0.4 is 4.72 Å². The maximum absolute atomic E-state index is 12.1. The second-order valence-electron chi connectivity index (χ2n) is 4.56. The molecule has 1 atom stereocenters. The summed E-state index contributed by atoms with van der Waals surface area (Å²) in [5.41, 5.74) is 0.551. The SMILES string of the molecule is O=C(O)C1CCCN(S(=O)(=O)NCc2ccncn2)C1. The number of rotatable bonds is 5. The van der Waals surface area contributed by atoms with Crippen molar-refractivity contribution in [3.05, 3.63) is 24.3 Å². The van der Waals surface area contributed by atoms with Crippen molar-refractivity contribution in [3.8, 4) is 0 Å². The monoisotopic (exact) mass is 300 g/mol. The van der Waals surface area contributed by atoms with Crippen LogP contribution in [0.1, 0.15) is 18.5 Å². The molecule has 1 aromatic heterocycles. The zero-order valence-corrected chi connectivity index (χ0v) is 11.6. The molecule has 8 nitrogen and oxygen atoms in total. The Bertz CT molecular complexity index is 563. The van der Waals surface area contributed by atoms with E-state index in [1.165, 1.54) is 16.8 Å². The number of aromatic nitrogens is 2. The molecule has 9 heteroatoms. The third-order valence-electron chi connectivity index (χ3n) is 3.15. The molecule has 1 aliphatic rings. The Morgan fingerprint density at radius 2 is 2.35 bits per heavy atom. The number of carboxylic acid groups (broad SMARTS) is 1. The second-order valence-corrected chi connectivity index (χ2v) is 6.32. The van der Waals surface area contributed by atoms with Crippen LogP contribution in [0.25, 0.3) is 0 Å². The largest absolute Gasteiger partial charge is 0.481 e.